The summed E-state index contributed by atoms with van der Waals surface area (Å²) in [5, 5.41) is 3.40. The molecule has 2 rings (SSSR count). The van der Waals surface area contributed by atoms with E-state index in [1.165, 1.54) is 0 Å². The average Bonchev–Trinajstić information content (AvgIpc) is 2.15. The highest BCUT2D eigenvalue weighted by Crippen LogP contribution is 2.26. The summed E-state index contributed by atoms with van der Waals surface area (Å²) in [5.74, 6) is 0.851. The van der Waals surface area contributed by atoms with Crippen LogP contribution in [0.5, 0.6) is 5.75 Å². The number of rotatable bonds is 4. The van der Waals surface area contributed by atoms with Crippen molar-refractivity contribution in [3.63, 3.8) is 0 Å². The monoisotopic (exact) mass is 270 g/mol. The molecule has 0 aliphatic heterocycles. The lowest BCUT2D eigenvalue weighted by Crippen LogP contribution is -2.46. The molecule has 0 spiro atoms. The summed E-state index contributed by atoms with van der Waals surface area (Å²) in [7, 11) is 0. The summed E-state index contributed by atoms with van der Waals surface area (Å²) < 4.78 is 6.74. The van der Waals surface area contributed by atoms with E-state index in [-0.39, 0.29) is 0 Å². The first kappa shape index (κ1) is 10.9. The van der Waals surface area contributed by atoms with Crippen molar-refractivity contribution >= 4 is 15.9 Å². The van der Waals surface area contributed by atoms with Gasteiger partial charge in [-0.2, -0.15) is 0 Å². The molecule has 0 aromatic carbocycles. The molecular weight excluding hydrogens is 256 g/mol. The molecule has 1 aromatic heterocycles. The third-order valence-electron chi connectivity index (χ3n) is 2.57. The Morgan fingerprint density at radius 3 is 3.00 bits per heavy atom. The van der Waals surface area contributed by atoms with Gasteiger partial charge in [0.1, 0.15) is 11.9 Å². The van der Waals surface area contributed by atoms with Crippen molar-refractivity contribution in [3.05, 3.63) is 22.9 Å². The summed E-state index contributed by atoms with van der Waals surface area (Å²) in [4.78, 5) is 4.06. The maximum atomic E-state index is 5.78. The van der Waals surface area contributed by atoms with Gasteiger partial charge in [0, 0.05) is 16.7 Å². The maximum Gasteiger partial charge on any atom is 0.139 e. The van der Waals surface area contributed by atoms with Crippen molar-refractivity contribution in [1.82, 2.24) is 10.3 Å². The molecule has 82 valence electrons. The van der Waals surface area contributed by atoms with Crippen molar-refractivity contribution in [2.45, 2.75) is 31.9 Å². The van der Waals surface area contributed by atoms with Crippen LogP contribution in [0.2, 0.25) is 0 Å². The third-order valence-corrected chi connectivity index (χ3v) is 3.00. The SMILES string of the molecule is CCNC1CC(Oc2cncc(Br)c2)C1. The molecule has 1 saturated carbocycles. The van der Waals surface area contributed by atoms with E-state index in [9.17, 15) is 0 Å². The standard InChI is InChI=1S/C11H15BrN2O/c1-2-14-9-4-10(5-9)15-11-3-8(12)6-13-7-11/h3,6-7,9-10,14H,2,4-5H2,1H3. The second-order valence-corrected chi connectivity index (χ2v) is 4.72. The van der Waals surface area contributed by atoms with Gasteiger partial charge < -0.3 is 10.1 Å². The normalized spacial score (nSPS) is 24.7. The van der Waals surface area contributed by atoms with Crippen LogP contribution in [0.4, 0.5) is 0 Å². The van der Waals surface area contributed by atoms with Crippen molar-refractivity contribution in [2.24, 2.45) is 0 Å². The largest absolute Gasteiger partial charge is 0.489 e. The van der Waals surface area contributed by atoms with E-state index in [1.807, 2.05) is 6.07 Å². The number of nitrogens with zero attached hydrogens (tertiary/aromatic N) is 1. The molecular formula is C11H15BrN2O. The molecule has 15 heavy (non-hydrogen) atoms. The van der Waals surface area contributed by atoms with Crippen LogP contribution in [-0.4, -0.2) is 23.7 Å². The zero-order chi connectivity index (χ0) is 10.7. The Labute approximate surface area is 98.4 Å². The predicted octanol–water partition coefficient (Wildman–Crippen LogP) is 2.36. The Bertz CT molecular complexity index is 326. The molecule has 1 aromatic rings. The number of aromatic nitrogens is 1. The molecule has 0 radical (unpaired) electrons. The second kappa shape index (κ2) is 4.94. The van der Waals surface area contributed by atoms with Crippen LogP contribution in [0.25, 0.3) is 0 Å². The van der Waals surface area contributed by atoms with Gasteiger partial charge >= 0.3 is 0 Å². The molecule has 1 fully saturated rings. The lowest BCUT2D eigenvalue weighted by molar-refractivity contribution is 0.0855. The van der Waals surface area contributed by atoms with Gasteiger partial charge in [0.15, 0.2) is 0 Å². The zero-order valence-corrected chi connectivity index (χ0v) is 10.3. The third kappa shape index (κ3) is 2.92. The van der Waals surface area contributed by atoms with Crippen LogP contribution in [0.3, 0.4) is 0 Å². The Hall–Kier alpha value is -0.610. The van der Waals surface area contributed by atoms with Crippen molar-refractivity contribution in [2.75, 3.05) is 6.54 Å². The summed E-state index contributed by atoms with van der Waals surface area (Å²) in [6.45, 7) is 3.17. The Morgan fingerprint density at radius 1 is 1.53 bits per heavy atom. The molecule has 0 unspecified atom stereocenters. The maximum absolute atomic E-state index is 5.78. The van der Waals surface area contributed by atoms with Gasteiger partial charge in [0.2, 0.25) is 0 Å². The van der Waals surface area contributed by atoms with E-state index in [0.29, 0.717) is 12.1 Å². The lowest BCUT2D eigenvalue weighted by atomic mass is 9.89. The number of pyridine rings is 1. The predicted molar refractivity (Wildman–Crippen MR) is 63.1 cm³/mol. The minimum absolute atomic E-state index is 0.352. The quantitative estimate of drug-likeness (QED) is 0.912. The van der Waals surface area contributed by atoms with E-state index in [1.54, 1.807) is 12.4 Å². The van der Waals surface area contributed by atoms with Crippen molar-refractivity contribution in [1.29, 1.82) is 0 Å². The van der Waals surface area contributed by atoms with Gasteiger partial charge in [-0.1, -0.05) is 6.92 Å². The molecule has 0 atom stereocenters. The van der Waals surface area contributed by atoms with Gasteiger partial charge in [-0.15, -0.1) is 0 Å². The van der Waals surface area contributed by atoms with Crippen LogP contribution in [0.15, 0.2) is 22.9 Å². The first-order chi connectivity index (χ1) is 7.28. The number of halogens is 1. The molecule has 1 aliphatic carbocycles. The van der Waals surface area contributed by atoms with Gasteiger partial charge in [-0.05, 0) is 41.4 Å². The molecule has 0 saturated heterocycles. The van der Waals surface area contributed by atoms with E-state index in [0.717, 1.165) is 29.6 Å². The van der Waals surface area contributed by atoms with Crippen molar-refractivity contribution < 1.29 is 4.74 Å². The molecule has 4 heteroatoms. The molecule has 1 N–H and O–H groups in total. The van der Waals surface area contributed by atoms with Crippen LogP contribution in [-0.2, 0) is 0 Å². The fraction of sp³-hybridized carbons (Fsp3) is 0.545. The first-order valence-electron chi connectivity index (χ1n) is 5.28. The van der Waals surface area contributed by atoms with E-state index >= 15 is 0 Å². The minimum atomic E-state index is 0.352. The van der Waals surface area contributed by atoms with Gasteiger partial charge in [-0.3, -0.25) is 4.98 Å². The summed E-state index contributed by atoms with van der Waals surface area (Å²) in [6.07, 6.45) is 6.06. The number of hydrogen-bond acceptors (Lipinski definition) is 3. The smallest absolute Gasteiger partial charge is 0.139 e. The number of ether oxygens (including phenoxy) is 1. The van der Waals surface area contributed by atoms with Crippen LogP contribution in [0, 0.1) is 0 Å². The Balaban J connectivity index is 1.80. The summed E-state index contributed by atoms with van der Waals surface area (Å²) in [5.41, 5.74) is 0. The molecule has 1 heterocycles. The molecule has 1 aliphatic rings. The topological polar surface area (TPSA) is 34.1 Å². The Kier molecular flexibility index (Phi) is 3.59. The first-order valence-corrected chi connectivity index (χ1v) is 6.08. The number of nitrogens with one attached hydrogen (secondary N) is 1. The fourth-order valence-electron chi connectivity index (χ4n) is 1.77. The summed E-state index contributed by atoms with van der Waals surface area (Å²) >= 11 is 3.37. The molecule has 3 nitrogen and oxygen atoms in total. The highest BCUT2D eigenvalue weighted by atomic mass is 79.9. The van der Waals surface area contributed by atoms with Gasteiger partial charge in [-0.25, -0.2) is 0 Å². The van der Waals surface area contributed by atoms with Crippen LogP contribution in [0.1, 0.15) is 19.8 Å². The van der Waals surface area contributed by atoms with Crippen LogP contribution < -0.4 is 10.1 Å². The van der Waals surface area contributed by atoms with E-state index in [2.05, 4.69) is 33.2 Å². The van der Waals surface area contributed by atoms with Gasteiger partial charge in [0.25, 0.3) is 0 Å². The lowest BCUT2D eigenvalue weighted by Gasteiger charge is -2.35. The number of hydrogen-bond donors (Lipinski definition) is 1. The van der Waals surface area contributed by atoms with E-state index < -0.39 is 0 Å². The average molecular weight is 271 g/mol. The van der Waals surface area contributed by atoms with Gasteiger partial charge in [0.05, 0.1) is 6.20 Å². The molecule has 0 amide bonds. The second-order valence-electron chi connectivity index (χ2n) is 3.80. The Morgan fingerprint density at radius 2 is 2.33 bits per heavy atom. The van der Waals surface area contributed by atoms with E-state index in [4.69, 9.17) is 4.74 Å². The van der Waals surface area contributed by atoms with Crippen molar-refractivity contribution in [3.8, 4) is 5.75 Å². The highest BCUT2D eigenvalue weighted by molar-refractivity contribution is 9.10. The fourth-order valence-corrected chi connectivity index (χ4v) is 2.11. The zero-order valence-electron chi connectivity index (χ0n) is 8.74. The minimum Gasteiger partial charge on any atom is -0.489 e. The van der Waals surface area contributed by atoms with Crippen LogP contribution >= 0.6 is 15.9 Å². The highest BCUT2D eigenvalue weighted by Gasteiger charge is 2.29. The molecule has 0 bridgehead atoms. The summed E-state index contributed by atoms with van der Waals surface area (Å²) in [6, 6.07) is 2.59.